The fourth-order valence-corrected chi connectivity index (χ4v) is 3.81. The van der Waals surface area contributed by atoms with E-state index in [4.69, 9.17) is 9.47 Å². The molecule has 1 aliphatic heterocycles. The second-order valence-electron chi connectivity index (χ2n) is 7.73. The maximum atomic E-state index is 14.8. The lowest BCUT2D eigenvalue weighted by Crippen LogP contribution is -2.21. The fourth-order valence-electron chi connectivity index (χ4n) is 3.81. The molecule has 0 aromatic heterocycles. The topological polar surface area (TPSA) is 18.5 Å². The van der Waals surface area contributed by atoms with E-state index in [1.165, 1.54) is 18.2 Å². The maximum absolute atomic E-state index is 14.8. The molecule has 0 N–H and O–H groups in total. The van der Waals surface area contributed by atoms with Gasteiger partial charge in [0.15, 0.2) is 23.2 Å². The third-order valence-electron chi connectivity index (χ3n) is 5.50. The summed E-state index contributed by atoms with van der Waals surface area (Å²) >= 11 is 0. The largest absolute Gasteiger partial charge is 0.491 e. The van der Waals surface area contributed by atoms with Crippen LogP contribution in [0.1, 0.15) is 64.0 Å². The van der Waals surface area contributed by atoms with Crippen LogP contribution in [0.2, 0.25) is 0 Å². The van der Waals surface area contributed by atoms with Crippen molar-refractivity contribution in [3.05, 3.63) is 53.3 Å². The minimum Gasteiger partial charge on any atom is -0.491 e. The van der Waals surface area contributed by atoms with Crippen molar-refractivity contribution in [1.29, 1.82) is 0 Å². The molecular weight excluding hydrogens is 377 g/mol. The molecule has 0 radical (unpaired) electrons. The molecule has 1 aliphatic rings. The molecule has 2 atom stereocenters. The summed E-state index contributed by atoms with van der Waals surface area (Å²) in [6.45, 7) is 5.06. The summed E-state index contributed by atoms with van der Waals surface area (Å²) in [5.74, 6) is -1.86. The van der Waals surface area contributed by atoms with E-state index in [1.54, 1.807) is 12.1 Å². The van der Waals surface area contributed by atoms with Crippen molar-refractivity contribution in [1.82, 2.24) is 0 Å². The molecule has 3 rings (SSSR count). The van der Waals surface area contributed by atoms with E-state index in [0.29, 0.717) is 25.6 Å². The van der Waals surface area contributed by atoms with Gasteiger partial charge in [-0.3, -0.25) is 0 Å². The molecular formula is C24H29F3O2. The minimum absolute atomic E-state index is 0.0313. The van der Waals surface area contributed by atoms with Gasteiger partial charge in [-0.15, -0.1) is 0 Å². The number of hydrogen-bond acceptors (Lipinski definition) is 2. The normalized spacial score (nSPS) is 19.3. The summed E-state index contributed by atoms with van der Waals surface area (Å²) in [4.78, 5) is 0. The molecule has 0 amide bonds. The van der Waals surface area contributed by atoms with E-state index in [-0.39, 0.29) is 22.4 Å². The Morgan fingerprint density at radius 3 is 2.48 bits per heavy atom. The second kappa shape index (κ2) is 10.1. The Labute approximate surface area is 171 Å². The summed E-state index contributed by atoms with van der Waals surface area (Å²) in [6, 6.07) is 7.23. The van der Waals surface area contributed by atoms with Crippen LogP contribution in [-0.4, -0.2) is 13.2 Å². The molecule has 1 heterocycles. The van der Waals surface area contributed by atoms with Crippen LogP contribution in [0.4, 0.5) is 13.2 Å². The number of hydrogen-bond donors (Lipinski definition) is 0. The Kier molecular flexibility index (Phi) is 7.59. The second-order valence-corrected chi connectivity index (χ2v) is 7.73. The van der Waals surface area contributed by atoms with Crippen LogP contribution in [0.5, 0.6) is 5.75 Å². The van der Waals surface area contributed by atoms with Gasteiger partial charge in [-0.2, -0.15) is 0 Å². The summed E-state index contributed by atoms with van der Waals surface area (Å²) in [5.41, 5.74) is 0.547. The predicted octanol–water partition coefficient (Wildman–Crippen LogP) is 7.22. The lowest BCUT2D eigenvalue weighted by atomic mass is 9.90. The van der Waals surface area contributed by atoms with E-state index in [0.717, 1.165) is 32.1 Å². The van der Waals surface area contributed by atoms with Gasteiger partial charge in [0.05, 0.1) is 19.3 Å². The molecule has 2 aromatic rings. The first kappa shape index (κ1) is 21.7. The van der Waals surface area contributed by atoms with Gasteiger partial charge in [0.1, 0.15) is 0 Å². The fraction of sp³-hybridized carbons (Fsp3) is 0.500. The average molecular weight is 406 g/mol. The van der Waals surface area contributed by atoms with E-state index in [9.17, 15) is 13.2 Å². The summed E-state index contributed by atoms with van der Waals surface area (Å²) in [5, 5.41) is 0. The Morgan fingerprint density at radius 2 is 1.83 bits per heavy atom. The molecule has 2 unspecified atom stereocenters. The van der Waals surface area contributed by atoms with Crippen molar-refractivity contribution in [2.45, 2.75) is 58.5 Å². The average Bonchev–Trinajstić information content (AvgIpc) is 2.74. The number of benzene rings is 2. The van der Waals surface area contributed by atoms with Crippen LogP contribution in [0.15, 0.2) is 30.3 Å². The van der Waals surface area contributed by atoms with Crippen molar-refractivity contribution >= 4 is 0 Å². The minimum atomic E-state index is -0.971. The lowest BCUT2D eigenvalue weighted by molar-refractivity contribution is -0.0217. The number of unbranched alkanes of at least 4 members (excludes halogenated alkanes) is 1. The molecule has 5 heteroatoms. The number of ether oxygens (including phenoxy) is 2. The standard InChI is InChI=1S/C24H29F3O2/c1-3-5-6-16-7-11-21(29-15-16)19-10-9-18(23(26)24(19)27)17-8-12-22(20(25)14-17)28-13-4-2/h8-10,12,14,16,21H,3-7,11,13,15H2,1-2H3. The van der Waals surface area contributed by atoms with Crippen molar-refractivity contribution in [3.8, 4) is 16.9 Å². The SMILES string of the molecule is CCCCC1CCC(c2ccc(-c3ccc(OCCC)c(F)c3)c(F)c2F)OC1. The first-order valence-corrected chi connectivity index (χ1v) is 10.6. The first-order chi connectivity index (χ1) is 14.0. The Hall–Kier alpha value is -2.01. The number of rotatable bonds is 8. The summed E-state index contributed by atoms with van der Waals surface area (Å²) < 4.78 is 55.0. The molecule has 0 bridgehead atoms. The Morgan fingerprint density at radius 1 is 1.00 bits per heavy atom. The van der Waals surface area contributed by atoms with E-state index in [2.05, 4.69) is 6.92 Å². The van der Waals surface area contributed by atoms with Crippen LogP contribution in [0.25, 0.3) is 11.1 Å². The summed E-state index contributed by atoms with van der Waals surface area (Å²) in [7, 11) is 0. The van der Waals surface area contributed by atoms with Gasteiger partial charge in [-0.1, -0.05) is 44.9 Å². The van der Waals surface area contributed by atoms with E-state index in [1.807, 2.05) is 6.92 Å². The predicted molar refractivity (Wildman–Crippen MR) is 108 cm³/mol. The maximum Gasteiger partial charge on any atom is 0.167 e. The van der Waals surface area contributed by atoms with Gasteiger partial charge in [-0.25, -0.2) is 13.2 Å². The molecule has 2 nitrogen and oxygen atoms in total. The van der Waals surface area contributed by atoms with Gasteiger partial charge < -0.3 is 9.47 Å². The highest BCUT2D eigenvalue weighted by molar-refractivity contribution is 5.66. The molecule has 2 aromatic carbocycles. The van der Waals surface area contributed by atoms with Gasteiger partial charge in [0.25, 0.3) is 0 Å². The molecule has 0 saturated carbocycles. The van der Waals surface area contributed by atoms with Crippen molar-refractivity contribution in [2.75, 3.05) is 13.2 Å². The van der Waals surface area contributed by atoms with Crippen LogP contribution in [0, 0.1) is 23.4 Å². The van der Waals surface area contributed by atoms with Crippen LogP contribution in [0.3, 0.4) is 0 Å². The van der Waals surface area contributed by atoms with Crippen LogP contribution < -0.4 is 4.74 Å². The highest BCUT2D eigenvalue weighted by Crippen LogP contribution is 2.37. The van der Waals surface area contributed by atoms with Gasteiger partial charge in [0, 0.05) is 11.1 Å². The molecule has 29 heavy (non-hydrogen) atoms. The van der Waals surface area contributed by atoms with Crippen LogP contribution >= 0.6 is 0 Å². The molecule has 1 saturated heterocycles. The quantitative estimate of drug-likeness (QED) is 0.461. The molecule has 1 fully saturated rings. The van der Waals surface area contributed by atoms with Gasteiger partial charge >= 0.3 is 0 Å². The van der Waals surface area contributed by atoms with Crippen molar-refractivity contribution < 1.29 is 22.6 Å². The van der Waals surface area contributed by atoms with Crippen molar-refractivity contribution in [3.63, 3.8) is 0 Å². The molecule has 0 spiro atoms. The van der Waals surface area contributed by atoms with E-state index >= 15 is 0 Å². The van der Waals surface area contributed by atoms with Crippen LogP contribution in [-0.2, 0) is 4.74 Å². The molecule has 0 aliphatic carbocycles. The molecule has 158 valence electrons. The zero-order chi connectivity index (χ0) is 20.8. The third-order valence-corrected chi connectivity index (χ3v) is 5.50. The summed E-state index contributed by atoms with van der Waals surface area (Å²) in [6.07, 6.45) is 5.38. The monoisotopic (exact) mass is 406 g/mol. The Balaban J connectivity index is 1.76. The smallest absolute Gasteiger partial charge is 0.167 e. The first-order valence-electron chi connectivity index (χ1n) is 10.6. The van der Waals surface area contributed by atoms with Gasteiger partial charge in [-0.05, 0) is 49.3 Å². The lowest BCUT2D eigenvalue weighted by Gasteiger charge is -2.29. The zero-order valence-corrected chi connectivity index (χ0v) is 17.1. The van der Waals surface area contributed by atoms with E-state index < -0.39 is 23.6 Å². The highest BCUT2D eigenvalue weighted by Gasteiger charge is 2.27. The third kappa shape index (κ3) is 5.13. The zero-order valence-electron chi connectivity index (χ0n) is 17.1. The number of halogens is 3. The Bertz CT molecular complexity index is 814. The van der Waals surface area contributed by atoms with Crippen molar-refractivity contribution in [2.24, 2.45) is 5.92 Å². The highest BCUT2D eigenvalue weighted by atomic mass is 19.2. The van der Waals surface area contributed by atoms with Gasteiger partial charge in [0.2, 0.25) is 0 Å².